The first-order valence-electron chi connectivity index (χ1n) is 6.56. The molecule has 3 heteroatoms. The van der Waals surface area contributed by atoms with Crippen LogP contribution in [0.2, 0.25) is 0 Å². The molecule has 0 amide bonds. The Kier molecular flexibility index (Phi) is 5.73. The van der Waals surface area contributed by atoms with E-state index in [9.17, 15) is 0 Å². The highest BCUT2D eigenvalue weighted by Gasteiger charge is 2.19. The van der Waals surface area contributed by atoms with Gasteiger partial charge in [-0.25, -0.2) is 0 Å². The van der Waals surface area contributed by atoms with Gasteiger partial charge < -0.3 is 15.5 Å². The Labute approximate surface area is 101 Å². The van der Waals surface area contributed by atoms with E-state index in [0.29, 0.717) is 5.41 Å². The SMILES string of the molecule is CN(C)CC(C)(C)CNCC1CCCNC1. The Bertz CT molecular complexity index is 184. The van der Waals surface area contributed by atoms with E-state index in [-0.39, 0.29) is 0 Å². The summed E-state index contributed by atoms with van der Waals surface area (Å²) in [6.07, 6.45) is 2.72. The summed E-state index contributed by atoms with van der Waals surface area (Å²) in [4.78, 5) is 2.27. The van der Waals surface area contributed by atoms with Gasteiger partial charge in [-0.15, -0.1) is 0 Å². The number of rotatable bonds is 6. The molecular formula is C13H29N3. The van der Waals surface area contributed by atoms with Gasteiger partial charge in [0.25, 0.3) is 0 Å². The van der Waals surface area contributed by atoms with Crippen LogP contribution in [-0.2, 0) is 0 Å². The van der Waals surface area contributed by atoms with Crippen LogP contribution >= 0.6 is 0 Å². The van der Waals surface area contributed by atoms with Crippen LogP contribution in [0.4, 0.5) is 0 Å². The zero-order valence-electron chi connectivity index (χ0n) is 11.5. The van der Waals surface area contributed by atoms with Crippen molar-refractivity contribution in [1.82, 2.24) is 15.5 Å². The van der Waals surface area contributed by atoms with Crippen molar-refractivity contribution in [3.8, 4) is 0 Å². The van der Waals surface area contributed by atoms with E-state index >= 15 is 0 Å². The molecule has 0 radical (unpaired) electrons. The lowest BCUT2D eigenvalue weighted by Gasteiger charge is -2.30. The normalized spacial score (nSPS) is 22.7. The van der Waals surface area contributed by atoms with Crippen molar-refractivity contribution in [2.24, 2.45) is 11.3 Å². The number of nitrogens with zero attached hydrogens (tertiary/aromatic N) is 1. The highest BCUT2D eigenvalue weighted by molar-refractivity contribution is 4.76. The molecule has 96 valence electrons. The largest absolute Gasteiger partial charge is 0.316 e. The zero-order valence-corrected chi connectivity index (χ0v) is 11.5. The molecule has 1 atom stereocenters. The van der Waals surface area contributed by atoms with E-state index in [2.05, 4.69) is 43.5 Å². The predicted octanol–water partition coefficient (Wildman–Crippen LogP) is 1.16. The maximum Gasteiger partial charge on any atom is 0.00387 e. The summed E-state index contributed by atoms with van der Waals surface area (Å²) < 4.78 is 0. The van der Waals surface area contributed by atoms with E-state index in [1.165, 1.54) is 32.5 Å². The lowest BCUT2D eigenvalue weighted by molar-refractivity contribution is 0.226. The summed E-state index contributed by atoms with van der Waals surface area (Å²) in [5.74, 6) is 0.837. The molecule has 1 rings (SSSR count). The summed E-state index contributed by atoms with van der Waals surface area (Å²) in [6.45, 7) is 10.5. The van der Waals surface area contributed by atoms with Crippen molar-refractivity contribution in [3.05, 3.63) is 0 Å². The molecule has 0 aromatic heterocycles. The minimum absolute atomic E-state index is 0.367. The fourth-order valence-electron chi connectivity index (χ4n) is 2.62. The smallest absolute Gasteiger partial charge is 0.00387 e. The van der Waals surface area contributed by atoms with Gasteiger partial charge in [-0.3, -0.25) is 0 Å². The Morgan fingerprint density at radius 2 is 2.12 bits per heavy atom. The molecule has 0 saturated carbocycles. The van der Waals surface area contributed by atoms with Crippen LogP contribution in [0.25, 0.3) is 0 Å². The van der Waals surface area contributed by atoms with E-state index in [1.807, 2.05) is 0 Å². The van der Waals surface area contributed by atoms with Gasteiger partial charge in [-0.05, 0) is 57.9 Å². The molecule has 16 heavy (non-hydrogen) atoms. The van der Waals surface area contributed by atoms with Crippen LogP contribution in [-0.4, -0.2) is 51.7 Å². The van der Waals surface area contributed by atoms with Gasteiger partial charge in [0.15, 0.2) is 0 Å². The van der Waals surface area contributed by atoms with Crippen molar-refractivity contribution >= 4 is 0 Å². The molecule has 3 nitrogen and oxygen atoms in total. The van der Waals surface area contributed by atoms with E-state index < -0.39 is 0 Å². The molecule has 1 heterocycles. The van der Waals surface area contributed by atoms with E-state index in [0.717, 1.165) is 19.0 Å². The van der Waals surface area contributed by atoms with Crippen molar-refractivity contribution in [2.75, 3.05) is 46.8 Å². The summed E-state index contributed by atoms with van der Waals surface area (Å²) in [5, 5.41) is 7.10. The summed E-state index contributed by atoms with van der Waals surface area (Å²) in [5.41, 5.74) is 0.367. The van der Waals surface area contributed by atoms with Gasteiger partial charge in [0.1, 0.15) is 0 Å². The van der Waals surface area contributed by atoms with Gasteiger partial charge in [-0.2, -0.15) is 0 Å². The molecule has 0 aromatic carbocycles. The fourth-order valence-corrected chi connectivity index (χ4v) is 2.62. The molecule has 1 saturated heterocycles. The first-order chi connectivity index (χ1) is 7.49. The molecule has 0 aliphatic carbocycles. The average molecular weight is 227 g/mol. The summed E-state index contributed by atoms with van der Waals surface area (Å²) in [6, 6.07) is 0. The van der Waals surface area contributed by atoms with Gasteiger partial charge in [-0.1, -0.05) is 13.8 Å². The molecule has 1 unspecified atom stereocenters. The second kappa shape index (κ2) is 6.58. The third-order valence-corrected chi connectivity index (χ3v) is 3.18. The first kappa shape index (κ1) is 13.9. The molecule has 1 fully saturated rings. The van der Waals surface area contributed by atoms with Crippen LogP contribution in [0.1, 0.15) is 26.7 Å². The van der Waals surface area contributed by atoms with Crippen LogP contribution in [0.5, 0.6) is 0 Å². The van der Waals surface area contributed by atoms with Gasteiger partial charge in [0, 0.05) is 13.1 Å². The maximum atomic E-state index is 3.63. The Morgan fingerprint density at radius 1 is 1.38 bits per heavy atom. The van der Waals surface area contributed by atoms with Crippen LogP contribution in [0.3, 0.4) is 0 Å². The number of hydrogen-bond acceptors (Lipinski definition) is 3. The third-order valence-electron chi connectivity index (χ3n) is 3.18. The molecule has 0 bridgehead atoms. The maximum absolute atomic E-state index is 3.63. The predicted molar refractivity (Wildman–Crippen MR) is 70.8 cm³/mol. The quantitative estimate of drug-likeness (QED) is 0.713. The first-order valence-corrected chi connectivity index (χ1v) is 6.56. The zero-order chi connectivity index (χ0) is 12.0. The second-order valence-electron chi connectivity index (χ2n) is 6.25. The number of nitrogens with one attached hydrogen (secondary N) is 2. The molecule has 1 aliphatic heterocycles. The van der Waals surface area contributed by atoms with Crippen molar-refractivity contribution in [3.63, 3.8) is 0 Å². The van der Waals surface area contributed by atoms with Crippen molar-refractivity contribution < 1.29 is 0 Å². The molecular weight excluding hydrogens is 198 g/mol. The Morgan fingerprint density at radius 3 is 2.69 bits per heavy atom. The topological polar surface area (TPSA) is 27.3 Å². The number of piperidine rings is 1. The standard InChI is InChI=1S/C13H29N3/c1-13(2,11-16(3)4)10-15-9-12-6-5-7-14-8-12/h12,14-15H,5-11H2,1-4H3. The van der Waals surface area contributed by atoms with Crippen LogP contribution in [0, 0.1) is 11.3 Å². The van der Waals surface area contributed by atoms with Crippen LogP contribution < -0.4 is 10.6 Å². The van der Waals surface area contributed by atoms with E-state index in [1.54, 1.807) is 0 Å². The van der Waals surface area contributed by atoms with E-state index in [4.69, 9.17) is 0 Å². The molecule has 2 N–H and O–H groups in total. The minimum atomic E-state index is 0.367. The van der Waals surface area contributed by atoms with Gasteiger partial charge in [0.05, 0.1) is 0 Å². The average Bonchev–Trinajstić information content (AvgIpc) is 2.16. The van der Waals surface area contributed by atoms with Crippen molar-refractivity contribution in [2.45, 2.75) is 26.7 Å². The van der Waals surface area contributed by atoms with Gasteiger partial charge in [0.2, 0.25) is 0 Å². The number of hydrogen-bond donors (Lipinski definition) is 2. The lowest BCUT2D eigenvalue weighted by atomic mass is 9.92. The molecule has 0 aromatic rings. The van der Waals surface area contributed by atoms with Crippen LogP contribution in [0.15, 0.2) is 0 Å². The molecule has 0 spiro atoms. The van der Waals surface area contributed by atoms with Crippen molar-refractivity contribution in [1.29, 1.82) is 0 Å². The monoisotopic (exact) mass is 227 g/mol. The highest BCUT2D eigenvalue weighted by atomic mass is 15.1. The van der Waals surface area contributed by atoms with Gasteiger partial charge >= 0.3 is 0 Å². The molecule has 1 aliphatic rings. The second-order valence-corrected chi connectivity index (χ2v) is 6.25. The summed E-state index contributed by atoms with van der Waals surface area (Å²) in [7, 11) is 4.29. The minimum Gasteiger partial charge on any atom is -0.316 e. The highest BCUT2D eigenvalue weighted by Crippen LogP contribution is 2.15. The lowest BCUT2D eigenvalue weighted by Crippen LogP contribution is -2.41. The third kappa shape index (κ3) is 5.83. The Balaban J connectivity index is 2.13. The fraction of sp³-hybridized carbons (Fsp3) is 1.00. The summed E-state index contributed by atoms with van der Waals surface area (Å²) >= 11 is 0. The Hall–Kier alpha value is -0.120.